The molecule has 0 bridgehead atoms. The Balaban J connectivity index is 1.76. The molecular weight excluding hydrogens is 331 g/mol. The Morgan fingerprint density at radius 3 is 2.04 bits per heavy atom. The zero-order valence-electron chi connectivity index (χ0n) is 14.4. The number of hydrogen-bond donors (Lipinski definition) is 1. The number of aliphatic hydroxyl groups excluding tert-OH is 1. The summed E-state index contributed by atoms with van der Waals surface area (Å²) in [6, 6.07) is 22.1. The monoisotopic (exact) mass is 350 g/mol. The smallest absolute Gasteiger partial charge is 0.334 e. The fourth-order valence-electron chi connectivity index (χ4n) is 2.61. The summed E-state index contributed by atoms with van der Waals surface area (Å²) >= 11 is 0. The van der Waals surface area contributed by atoms with Crippen molar-refractivity contribution in [2.75, 3.05) is 0 Å². The molecule has 1 atom stereocenters. The van der Waals surface area contributed by atoms with Crippen molar-refractivity contribution >= 4 is 5.97 Å². The van der Waals surface area contributed by atoms with E-state index >= 15 is 0 Å². The van der Waals surface area contributed by atoms with Crippen LogP contribution in [0.2, 0.25) is 0 Å². The van der Waals surface area contributed by atoms with Gasteiger partial charge in [-0.25, -0.2) is 9.18 Å². The number of benzene rings is 3. The minimum atomic E-state index is -1.13. The normalized spacial score (nSPS) is 11.8. The van der Waals surface area contributed by atoms with Crippen LogP contribution in [0.1, 0.15) is 12.5 Å². The molecule has 3 rings (SSSR count). The topological polar surface area (TPSA) is 46.5 Å². The van der Waals surface area contributed by atoms with E-state index in [1.165, 1.54) is 19.1 Å². The van der Waals surface area contributed by atoms with Crippen LogP contribution in [0, 0.1) is 5.82 Å². The molecule has 132 valence electrons. The van der Waals surface area contributed by atoms with Gasteiger partial charge in [0, 0.05) is 0 Å². The first-order valence-corrected chi connectivity index (χ1v) is 8.33. The molecule has 0 aliphatic rings. The molecule has 0 aromatic heterocycles. The van der Waals surface area contributed by atoms with Gasteiger partial charge >= 0.3 is 5.97 Å². The number of ether oxygens (including phenoxy) is 1. The summed E-state index contributed by atoms with van der Waals surface area (Å²) in [5.74, 6) is -0.891. The van der Waals surface area contributed by atoms with E-state index in [2.05, 4.69) is 0 Å². The molecule has 0 aliphatic carbocycles. The maximum absolute atomic E-state index is 13.0. The van der Waals surface area contributed by atoms with Crippen LogP contribution in [0.25, 0.3) is 22.3 Å². The number of aliphatic hydroxyl groups is 1. The Morgan fingerprint density at radius 1 is 0.923 bits per heavy atom. The Hall–Kier alpha value is -2.98. The zero-order valence-corrected chi connectivity index (χ0v) is 14.4. The molecule has 0 saturated heterocycles. The quantitative estimate of drug-likeness (QED) is 0.685. The average Bonchev–Trinajstić information content (AvgIpc) is 2.67. The summed E-state index contributed by atoms with van der Waals surface area (Å²) < 4.78 is 18.1. The first kappa shape index (κ1) is 17.8. The number of carbonyl (C=O) groups excluding carboxylic acids is 1. The van der Waals surface area contributed by atoms with Crippen molar-refractivity contribution in [3.05, 3.63) is 84.2 Å². The summed E-state index contributed by atoms with van der Waals surface area (Å²) in [6.45, 7) is 1.49. The van der Waals surface area contributed by atoms with E-state index in [9.17, 15) is 14.3 Å². The van der Waals surface area contributed by atoms with Gasteiger partial charge in [-0.15, -0.1) is 0 Å². The molecule has 3 aromatic rings. The highest BCUT2D eigenvalue weighted by Crippen LogP contribution is 2.25. The minimum Gasteiger partial charge on any atom is -0.459 e. The molecule has 0 unspecified atom stereocenters. The molecule has 4 heteroatoms. The van der Waals surface area contributed by atoms with Gasteiger partial charge in [0.2, 0.25) is 0 Å². The number of carbonyl (C=O) groups is 1. The molecule has 0 heterocycles. The summed E-state index contributed by atoms with van der Waals surface area (Å²) in [7, 11) is 0. The third-order valence-corrected chi connectivity index (χ3v) is 4.04. The second-order valence-corrected chi connectivity index (χ2v) is 6.07. The highest BCUT2D eigenvalue weighted by molar-refractivity contribution is 5.74. The number of hydrogen-bond acceptors (Lipinski definition) is 3. The number of rotatable bonds is 5. The van der Waals surface area contributed by atoms with Gasteiger partial charge < -0.3 is 9.84 Å². The Kier molecular flexibility index (Phi) is 5.44. The van der Waals surface area contributed by atoms with Gasteiger partial charge in [0.15, 0.2) is 0 Å². The standard InChI is InChI=1S/C22H19FO3/c1-15(24)22(25)26-14-16-3-2-4-20(13-16)19-7-5-17(6-8-19)18-9-11-21(23)12-10-18/h2-13,15,24H,14H2,1H3/t15-/m1/s1. The summed E-state index contributed by atoms with van der Waals surface area (Å²) in [6.07, 6.45) is -1.13. The summed E-state index contributed by atoms with van der Waals surface area (Å²) in [5.41, 5.74) is 4.84. The van der Waals surface area contributed by atoms with Crippen LogP contribution >= 0.6 is 0 Å². The van der Waals surface area contributed by atoms with Gasteiger partial charge in [0.1, 0.15) is 18.5 Å². The molecule has 0 aliphatic heterocycles. The molecule has 0 saturated carbocycles. The van der Waals surface area contributed by atoms with Gasteiger partial charge in [-0.2, -0.15) is 0 Å². The van der Waals surface area contributed by atoms with Gasteiger partial charge in [0.05, 0.1) is 0 Å². The molecule has 0 spiro atoms. The molecule has 0 fully saturated rings. The Labute approximate surface area is 151 Å². The Bertz CT molecular complexity index is 884. The van der Waals surface area contributed by atoms with E-state index in [1.54, 1.807) is 12.1 Å². The average molecular weight is 350 g/mol. The first-order valence-electron chi connectivity index (χ1n) is 8.33. The van der Waals surface area contributed by atoms with Crippen LogP contribution in [0.3, 0.4) is 0 Å². The second kappa shape index (κ2) is 7.93. The van der Waals surface area contributed by atoms with Crippen LogP contribution in [-0.2, 0) is 16.1 Å². The van der Waals surface area contributed by atoms with Crippen molar-refractivity contribution in [1.82, 2.24) is 0 Å². The van der Waals surface area contributed by atoms with Gasteiger partial charge in [-0.1, -0.05) is 54.6 Å². The lowest BCUT2D eigenvalue weighted by Crippen LogP contribution is -2.18. The molecule has 3 nitrogen and oxygen atoms in total. The third-order valence-electron chi connectivity index (χ3n) is 4.04. The van der Waals surface area contributed by atoms with Crippen LogP contribution in [0.15, 0.2) is 72.8 Å². The van der Waals surface area contributed by atoms with E-state index in [1.807, 2.05) is 48.5 Å². The SMILES string of the molecule is C[C@@H](O)C(=O)OCc1cccc(-c2ccc(-c3ccc(F)cc3)cc2)c1. The van der Waals surface area contributed by atoms with Crippen molar-refractivity contribution in [1.29, 1.82) is 0 Å². The lowest BCUT2D eigenvalue weighted by Gasteiger charge is -2.09. The summed E-state index contributed by atoms with van der Waals surface area (Å²) in [4.78, 5) is 11.4. The van der Waals surface area contributed by atoms with Crippen molar-refractivity contribution < 1.29 is 19.0 Å². The summed E-state index contributed by atoms with van der Waals surface area (Å²) in [5, 5.41) is 9.17. The van der Waals surface area contributed by atoms with Gasteiger partial charge in [-0.3, -0.25) is 0 Å². The first-order chi connectivity index (χ1) is 12.5. The lowest BCUT2D eigenvalue weighted by molar-refractivity contribution is -0.153. The third kappa shape index (κ3) is 4.35. The highest BCUT2D eigenvalue weighted by atomic mass is 19.1. The second-order valence-electron chi connectivity index (χ2n) is 6.07. The van der Waals surface area contributed by atoms with E-state index < -0.39 is 12.1 Å². The van der Waals surface area contributed by atoms with Crippen LogP contribution in [0.5, 0.6) is 0 Å². The van der Waals surface area contributed by atoms with E-state index in [4.69, 9.17) is 4.74 Å². The van der Waals surface area contributed by atoms with Crippen LogP contribution in [-0.4, -0.2) is 17.2 Å². The Morgan fingerprint density at radius 2 is 1.46 bits per heavy atom. The molecule has 3 aromatic carbocycles. The number of esters is 1. The fraction of sp³-hybridized carbons (Fsp3) is 0.136. The van der Waals surface area contributed by atoms with Gasteiger partial charge in [0.25, 0.3) is 0 Å². The predicted octanol–water partition coefficient (Wildman–Crippen LogP) is 4.58. The predicted molar refractivity (Wildman–Crippen MR) is 98.7 cm³/mol. The van der Waals surface area contributed by atoms with Crippen molar-refractivity contribution in [3.63, 3.8) is 0 Å². The van der Waals surface area contributed by atoms with Gasteiger partial charge in [-0.05, 0) is 52.9 Å². The lowest BCUT2D eigenvalue weighted by atomic mass is 9.99. The maximum atomic E-state index is 13.0. The fourth-order valence-corrected chi connectivity index (χ4v) is 2.61. The zero-order chi connectivity index (χ0) is 18.5. The molecule has 0 radical (unpaired) electrons. The molecule has 1 N–H and O–H groups in total. The van der Waals surface area contributed by atoms with Crippen LogP contribution < -0.4 is 0 Å². The van der Waals surface area contributed by atoms with Crippen molar-refractivity contribution in [2.45, 2.75) is 19.6 Å². The van der Waals surface area contributed by atoms with Crippen molar-refractivity contribution in [3.8, 4) is 22.3 Å². The van der Waals surface area contributed by atoms with E-state index in [0.29, 0.717) is 0 Å². The molecular formula is C22H19FO3. The molecule has 26 heavy (non-hydrogen) atoms. The number of halogens is 1. The maximum Gasteiger partial charge on any atom is 0.334 e. The molecule has 0 amide bonds. The van der Waals surface area contributed by atoms with Crippen LogP contribution in [0.4, 0.5) is 4.39 Å². The highest BCUT2D eigenvalue weighted by Gasteiger charge is 2.10. The largest absolute Gasteiger partial charge is 0.459 e. The minimum absolute atomic E-state index is 0.116. The van der Waals surface area contributed by atoms with E-state index in [0.717, 1.165) is 27.8 Å². The van der Waals surface area contributed by atoms with E-state index in [-0.39, 0.29) is 12.4 Å². The van der Waals surface area contributed by atoms with Crippen molar-refractivity contribution in [2.24, 2.45) is 0 Å².